The second-order valence-corrected chi connectivity index (χ2v) is 9.27. The van der Waals surface area contributed by atoms with Gasteiger partial charge in [0.1, 0.15) is 0 Å². The molecule has 0 aromatic rings. The summed E-state index contributed by atoms with van der Waals surface area (Å²) in [6.07, 6.45) is 7.28. The van der Waals surface area contributed by atoms with Crippen molar-refractivity contribution in [2.75, 3.05) is 0 Å². The maximum Gasteiger partial charge on any atom is 0.332 e. The Morgan fingerprint density at radius 2 is 1.96 bits per heavy atom. The number of carboxylic acids is 1. The van der Waals surface area contributed by atoms with E-state index >= 15 is 0 Å². The maximum atomic E-state index is 11.8. The van der Waals surface area contributed by atoms with E-state index in [1.54, 1.807) is 12.2 Å². The largest absolute Gasteiger partial charge is 0.479 e. The van der Waals surface area contributed by atoms with Crippen LogP contribution in [0, 0.1) is 34.5 Å². The summed E-state index contributed by atoms with van der Waals surface area (Å²) in [5.41, 5.74) is 0.458. The average Bonchev–Trinajstić information content (AvgIpc) is 2.90. The van der Waals surface area contributed by atoms with Gasteiger partial charge in [0.05, 0.1) is 6.10 Å². The van der Waals surface area contributed by atoms with E-state index in [0.717, 1.165) is 24.8 Å². The van der Waals surface area contributed by atoms with Crippen LogP contribution in [0.1, 0.15) is 46.0 Å². The normalized spacial score (nSPS) is 46.4. The van der Waals surface area contributed by atoms with Crippen molar-refractivity contribution in [3.8, 4) is 0 Å². The Labute approximate surface area is 159 Å². The number of fused-ring (bicyclic) bond motifs is 5. The first-order chi connectivity index (χ1) is 12.2. The first-order valence-electron chi connectivity index (χ1n) is 9.71. The molecule has 0 spiro atoms. The first kappa shape index (κ1) is 20.2. The van der Waals surface area contributed by atoms with Gasteiger partial charge in [0.2, 0.25) is 0 Å². The quantitative estimate of drug-likeness (QED) is 0.671. The Kier molecular flexibility index (Phi) is 4.90. The van der Waals surface area contributed by atoms with Gasteiger partial charge in [-0.3, -0.25) is 4.79 Å². The Bertz CT molecular complexity index is 711. The SMILES string of the molecule is C[C@]12C[C@H](O)[C@H]3[C@@H](CCC4=CC(=O)C=C[C@@]43C)[C@@H]1CC[C@@H]2[C@@H](O)C(=O)O.O. The number of carbonyl (C=O) groups excluding carboxylic acids is 1. The summed E-state index contributed by atoms with van der Waals surface area (Å²) in [4.78, 5) is 23.2. The molecule has 6 nitrogen and oxygen atoms in total. The molecule has 0 bridgehead atoms. The Hall–Kier alpha value is -1.50. The molecule has 0 radical (unpaired) electrons. The smallest absolute Gasteiger partial charge is 0.332 e. The highest BCUT2D eigenvalue weighted by Crippen LogP contribution is 2.66. The van der Waals surface area contributed by atoms with Gasteiger partial charge in [0.25, 0.3) is 0 Å². The standard InChI is InChI=1S/C21H28O5.H2O/c1-20-8-7-12(22)9-11(20)3-4-13-14-5-6-15(18(24)19(25)26)21(14,2)10-16(23)17(13)20;/h7-9,13-18,23-24H,3-6,10H2,1-2H3,(H,25,26);1H2/t13-,14-,15+,16-,17+,18+,20-,21-;/m0./s1. The minimum absolute atomic E-state index is 0. The molecule has 27 heavy (non-hydrogen) atoms. The molecule has 0 saturated heterocycles. The van der Waals surface area contributed by atoms with Crippen LogP contribution >= 0.6 is 0 Å². The second kappa shape index (κ2) is 6.54. The van der Waals surface area contributed by atoms with Gasteiger partial charge in [0.15, 0.2) is 11.9 Å². The van der Waals surface area contributed by atoms with Gasteiger partial charge < -0.3 is 20.8 Å². The van der Waals surface area contributed by atoms with Crippen molar-refractivity contribution in [3.63, 3.8) is 0 Å². The van der Waals surface area contributed by atoms with E-state index in [4.69, 9.17) is 0 Å². The van der Waals surface area contributed by atoms with E-state index in [1.807, 2.05) is 6.08 Å². The topological polar surface area (TPSA) is 126 Å². The van der Waals surface area contributed by atoms with E-state index < -0.39 is 18.2 Å². The molecule has 4 aliphatic rings. The summed E-state index contributed by atoms with van der Waals surface area (Å²) in [6, 6.07) is 0. The third-order valence-electron chi connectivity index (χ3n) is 8.20. The maximum absolute atomic E-state index is 11.8. The number of allylic oxidation sites excluding steroid dienone is 4. The number of hydrogen-bond donors (Lipinski definition) is 3. The summed E-state index contributed by atoms with van der Waals surface area (Å²) in [5, 5.41) is 30.7. The molecule has 6 heteroatoms. The monoisotopic (exact) mass is 378 g/mol. The fourth-order valence-corrected chi connectivity index (χ4v) is 7.05. The molecule has 5 N–H and O–H groups in total. The van der Waals surface area contributed by atoms with Gasteiger partial charge in [-0.25, -0.2) is 4.79 Å². The van der Waals surface area contributed by atoms with Crippen molar-refractivity contribution >= 4 is 11.8 Å². The summed E-state index contributed by atoms with van der Waals surface area (Å²) in [5.74, 6) is -0.812. The summed E-state index contributed by atoms with van der Waals surface area (Å²) >= 11 is 0. The predicted octanol–water partition coefficient (Wildman–Crippen LogP) is 1.50. The van der Waals surface area contributed by atoms with Crippen molar-refractivity contribution in [3.05, 3.63) is 23.8 Å². The average molecular weight is 378 g/mol. The molecular formula is C21H30O6. The van der Waals surface area contributed by atoms with Crippen LogP contribution in [0.15, 0.2) is 23.8 Å². The zero-order chi connectivity index (χ0) is 18.9. The molecule has 3 saturated carbocycles. The lowest BCUT2D eigenvalue weighted by atomic mass is 9.46. The molecule has 3 fully saturated rings. The van der Waals surface area contributed by atoms with Crippen molar-refractivity contribution in [1.29, 1.82) is 0 Å². The molecule has 0 aliphatic heterocycles. The van der Waals surface area contributed by atoms with Crippen LogP contribution in [0.4, 0.5) is 0 Å². The second-order valence-electron chi connectivity index (χ2n) is 9.27. The fraction of sp³-hybridized carbons (Fsp3) is 0.714. The van der Waals surface area contributed by atoms with Crippen LogP contribution in [-0.2, 0) is 9.59 Å². The van der Waals surface area contributed by atoms with Gasteiger partial charge in [0, 0.05) is 17.3 Å². The number of carbonyl (C=O) groups is 2. The van der Waals surface area contributed by atoms with E-state index in [1.165, 1.54) is 0 Å². The predicted molar refractivity (Wildman–Crippen MR) is 98.8 cm³/mol. The molecule has 0 amide bonds. The number of aliphatic hydroxyl groups excluding tert-OH is 2. The third kappa shape index (κ3) is 2.72. The van der Waals surface area contributed by atoms with Crippen molar-refractivity contribution in [2.24, 2.45) is 34.5 Å². The van der Waals surface area contributed by atoms with Crippen LogP contribution in [0.5, 0.6) is 0 Å². The summed E-state index contributed by atoms with van der Waals surface area (Å²) in [7, 11) is 0. The molecule has 4 rings (SSSR count). The van der Waals surface area contributed by atoms with Gasteiger partial charge in [-0.2, -0.15) is 0 Å². The van der Waals surface area contributed by atoms with Crippen LogP contribution < -0.4 is 0 Å². The van der Waals surface area contributed by atoms with Gasteiger partial charge >= 0.3 is 5.97 Å². The fourth-order valence-electron chi connectivity index (χ4n) is 7.05. The number of aliphatic hydroxyl groups is 2. The van der Waals surface area contributed by atoms with Gasteiger partial charge in [-0.05, 0) is 61.5 Å². The van der Waals surface area contributed by atoms with Crippen LogP contribution in [0.2, 0.25) is 0 Å². The molecule has 4 aliphatic carbocycles. The minimum Gasteiger partial charge on any atom is -0.479 e. The van der Waals surface area contributed by atoms with Crippen LogP contribution in [0.25, 0.3) is 0 Å². The number of carboxylic acid groups (broad SMARTS) is 1. The Morgan fingerprint density at radius 1 is 1.26 bits per heavy atom. The summed E-state index contributed by atoms with van der Waals surface area (Å²) in [6.45, 7) is 4.19. The molecule has 0 aromatic heterocycles. The minimum atomic E-state index is -1.37. The van der Waals surface area contributed by atoms with E-state index in [-0.39, 0.29) is 39.8 Å². The van der Waals surface area contributed by atoms with Crippen LogP contribution in [0.3, 0.4) is 0 Å². The molecule has 150 valence electrons. The highest BCUT2D eigenvalue weighted by molar-refractivity contribution is 6.01. The van der Waals surface area contributed by atoms with Crippen LogP contribution in [-0.4, -0.2) is 44.8 Å². The Morgan fingerprint density at radius 3 is 2.63 bits per heavy atom. The molecule has 0 heterocycles. The molecule has 0 aromatic carbocycles. The zero-order valence-electron chi connectivity index (χ0n) is 15.9. The first-order valence-corrected chi connectivity index (χ1v) is 9.71. The highest BCUT2D eigenvalue weighted by Gasteiger charge is 2.62. The highest BCUT2D eigenvalue weighted by atomic mass is 16.4. The van der Waals surface area contributed by atoms with Gasteiger partial charge in [-0.15, -0.1) is 0 Å². The lowest BCUT2D eigenvalue weighted by molar-refractivity contribution is -0.160. The van der Waals surface area contributed by atoms with Gasteiger partial charge in [-0.1, -0.05) is 25.5 Å². The Balaban J connectivity index is 0.00000210. The number of ketones is 1. The van der Waals surface area contributed by atoms with Crippen molar-refractivity contribution in [2.45, 2.75) is 58.2 Å². The molecule has 0 unspecified atom stereocenters. The number of hydrogen-bond acceptors (Lipinski definition) is 4. The lowest BCUT2D eigenvalue weighted by Gasteiger charge is -2.59. The van der Waals surface area contributed by atoms with E-state index in [2.05, 4.69) is 13.8 Å². The van der Waals surface area contributed by atoms with Crippen molar-refractivity contribution < 1.29 is 30.4 Å². The summed E-state index contributed by atoms with van der Waals surface area (Å²) < 4.78 is 0. The zero-order valence-corrected chi connectivity index (χ0v) is 15.9. The molecule has 8 atom stereocenters. The van der Waals surface area contributed by atoms with E-state index in [9.17, 15) is 24.9 Å². The number of aliphatic carboxylic acids is 1. The molecular weight excluding hydrogens is 348 g/mol. The number of rotatable bonds is 2. The third-order valence-corrected chi connectivity index (χ3v) is 8.20. The van der Waals surface area contributed by atoms with Crippen molar-refractivity contribution in [1.82, 2.24) is 0 Å². The lowest BCUT2D eigenvalue weighted by Crippen LogP contribution is -2.57. The van der Waals surface area contributed by atoms with E-state index in [0.29, 0.717) is 18.8 Å².